The predicted octanol–water partition coefficient (Wildman–Crippen LogP) is 6.83. The molecule has 218 valence electrons. The summed E-state index contributed by atoms with van der Waals surface area (Å²) in [6.45, 7) is 1.89. The number of fused-ring (bicyclic) bond motifs is 2. The summed E-state index contributed by atoms with van der Waals surface area (Å²) in [5.41, 5.74) is 5.58. The van der Waals surface area contributed by atoms with Gasteiger partial charge in [-0.2, -0.15) is 13.2 Å². The molecule has 2 aliphatic heterocycles. The number of hydrogen-bond donors (Lipinski definition) is 1. The minimum atomic E-state index is -4.81. The number of hydrogen-bond acceptors (Lipinski definition) is 5. The molecule has 0 bridgehead atoms. The zero-order valence-electron chi connectivity index (χ0n) is 22.3. The molecule has 3 aromatic carbocycles. The van der Waals surface area contributed by atoms with Crippen LogP contribution >= 0.6 is 11.8 Å². The Labute approximate surface area is 242 Å². The molecule has 0 amide bonds. The maximum atomic E-state index is 15.9. The molecule has 0 saturated carbocycles. The van der Waals surface area contributed by atoms with Crippen molar-refractivity contribution in [1.82, 2.24) is 4.57 Å². The first kappa shape index (κ1) is 28.3. The van der Waals surface area contributed by atoms with Gasteiger partial charge in [0, 0.05) is 23.3 Å². The van der Waals surface area contributed by atoms with Crippen LogP contribution in [0.25, 0.3) is 11.1 Å². The van der Waals surface area contributed by atoms with E-state index in [2.05, 4.69) is 0 Å². The third-order valence-corrected chi connectivity index (χ3v) is 8.98. The summed E-state index contributed by atoms with van der Waals surface area (Å²) in [5, 5.41) is 0.381. The van der Waals surface area contributed by atoms with Gasteiger partial charge in [-0.1, -0.05) is 36.4 Å². The van der Waals surface area contributed by atoms with Crippen molar-refractivity contribution in [3.8, 4) is 22.6 Å². The van der Waals surface area contributed by atoms with E-state index in [0.29, 0.717) is 16.3 Å². The molecule has 0 fully saturated rings. The summed E-state index contributed by atoms with van der Waals surface area (Å²) in [7, 11) is 0. The average molecular weight is 601 g/mol. The van der Waals surface area contributed by atoms with Crippen LogP contribution in [-0.2, 0) is 12.6 Å². The largest absolute Gasteiger partial charge is 0.486 e. The van der Waals surface area contributed by atoms with Crippen molar-refractivity contribution in [3.05, 3.63) is 110 Å². The number of nitrogens with two attached hydrogens (primary N) is 1. The van der Waals surface area contributed by atoms with Crippen LogP contribution in [0.4, 0.5) is 22.0 Å². The Balaban J connectivity index is 1.60. The molecule has 2 atom stereocenters. The van der Waals surface area contributed by atoms with Crippen LogP contribution in [0.3, 0.4) is 0 Å². The van der Waals surface area contributed by atoms with Gasteiger partial charge in [-0.3, -0.25) is 9.36 Å². The topological polar surface area (TPSA) is 66.5 Å². The van der Waals surface area contributed by atoms with Crippen LogP contribution in [0.2, 0.25) is 0 Å². The molecule has 0 saturated heterocycles. The average Bonchev–Trinajstić information content (AvgIpc) is 3.42. The molecule has 5 nitrogen and oxygen atoms in total. The van der Waals surface area contributed by atoms with Gasteiger partial charge in [-0.05, 0) is 47.9 Å². The predicted molar refractivity (Wildman–Crippen MR) is 149 cm³/mol. The van der Waals surface area contributed by atoms with Crippen LogP contribution in [0.1, 0.15) is 39.9 Å². The third-order valence-electron chi connectivity index (χ3n) is 7.75. The van der Waals surface area contributed by atoms with Crippen LogP contribution < -0.4 is 20.8 Å². The summed E-state index contributed by atoms with van der Waals surface area (Å²) in [6.07, 6.45) is -5.28. The molecular weight excluding hydrogens is 575 g/mol. The Morgan fingerprint density at radius 1 is 1.00 bits per heavy atom. The van der Waals surface area contributed by atoms with E-state index >= 15 is 8.78 Å². The number of benzene rings is 3. The van der Waals surface area contributed by atoms with Crippen molar-refractivity contribution in [1.29, 1.82) is 0 Å². The number of thioether (sulfide) groups is 1. The Morgan fingerprint density at radius 2 is 1.74 bits per heavy atom. The quantitative estimate of drug-likeness (QED) is 0.255. The first-order valence-corrected chi connectivity index (χ1v) is 14.2. The molecule has 2 unspecified atom stereocenters. The van der Waals surface area contributed by atoms with Crippen LogP contribution in [0, 0.1) is 18.6 Å². The van der Waals surface area contributed by atoms with Crippen molar-refractivity contribution in [2.45, 2.75) is 36.6 Å². The lowest BCUT2D eigenvalue weighted by atomic mass is 9.91. The Morgan fingerprint density at radius 3 is 2.48 bits per heavy atom. The number of nitrogens with zero attached hydrogens (tertiary/aromatic N) is 1. The molecule has 4 aromatic rings. The van der Waals surface area contributed by atoms with Gasteiger partial charge in [-0.15, -0.1) is 11.8 Å². The van der Waals surface area contributed by atoms with Gasteiger partial charge in [-0.25, -0.2) is 8.78 Å². The van der Waals surface area contributed by atoms with Crippen molar-refractivity contribution >= 4 is 11.8 Å². The van der Waals surface area contributed by atoms with Gasteiger partial charge in [0.05, 0.1) is 28.2 Å². The van der Waals surface area contributed by atoms with Crippen LogP contribution in [0.15, 0.2) is 70.5 Å². The maximum Gasteiger partial charge on any atom is 0.416 e. The number of pyridine rings is 1. The van der Waals surface area contributed by atoms with Gasteiger partial charge in [0.15, 0.2) is 17.3 Å². The summed E-state index contributed by atoms with van der Waals surface area (Å²) < 4.78 is 85.3. The van der Waals surface area contributed by atoms with E-state index < -0.39 is 53.0 Å². The summed E-state index contributed by atoms with van der Waals surface area (Å²) in [4.78, 5) is 14.2. The monoisotopic (exact) mass is 600 g/mol. The fourth-order valence-electron chi connectivity index (χ4n) is 5.67. The van der Waals surface area contributed by atoms with E-state index in [9.17, 15) is 18.0 Å². The summed E-state index contributed by atoms with van der Waals surface area (Å²) in [5.74, 6) is -1.47. The van der Waals surface area contributed by atoms with Gasteiger partial charge < -0.3 is 15.2 Å². The normalized spacial score (nSPS) is 16.8. The highest BCUT2D eigenvalue weighted by Crippen LogP contribution is 2.45. The Bertz CT molecular complexity index is 1740. The number of halogens is 5. The fraction of sp³-hybridized carbons (Fsp3) is 0.258. The standard InChI is InChI=1S/C31H25F5N2O3S/c1-16-19(14-20-21(31(34,35)36)8-5-9-22(20)32)30-38(23(15-42-30)27(37)17-6-3-2-4-7-17)29(39)25(16)18-10-11-24-28(26(18)33)41-13-12-40-24/h2-11,23,27H,12-15,37H2,1H3. The minimum absolute atomic E-state index is 0.0547. The first-order valence-electron chi connectivity index (χ1n) is 13.2. The second-order valence-corrected chi connectivity index (χ2v) is 11.2. The molecular formula is C31H25F5N2O3S. The highest BCUT2D eigenvalue weighted by Gasteiger charge is 2.38. The van der Waals surface area contributed by atoms with E-state index in [4.69, 9.17) is 15.2 Å². The van der Waals surface area contributed by atoms with Crippen molar-refractivity contribution in [2.24, 2.45) is 5.73 Å². The lowest BCUT2D eigenvalue weighted by molar-refractivity contribution is -0.138. The summed E-state index contributed by atoms with van der Waals surface area (Å²) in [6, 6.07) is 13.5. The molecule has 3 heterocycles. The lowest BCUT2D eigenvalue weighted by Crippen LogP contribution is -2.33. The zero-order chi connectivity index (χ0) is 29.8. The van der Waals surface area contributed by atoms with Gasteiger partial charge in [0.2, 0.25) is 0 Å². The number of rotatable bonds is 5. The third kappa shape index (κ3) is 4.74. The maximum absolute atomic E-state index is 15.9. The Kier molecular flexibility index (Phi) is 7.26. The second kappa shape index (κ2) is 10.8. The van der Waals surface area contributed by atoms with Gasteiger partial charge in [0.1, 0.15) is 19.0 Å². The van der Waals surface area contributed by atoms with E-state index in [-0.39, 0.29) is 41.4 Å². The molecule has 1 aromatic heterocycles. The lowest BCUT2D eigenvalue weighted by Gasteiger charge is -2.25. The molecule has 11 heteroatoms. The van der Waals surface area contributed by atoms with E-state index in [1.165, 1.54) is 28.5 Å². The van der Waals surface area contributed by atoms with Gasteiger partial charge >= 0.3 is 6.18 Å². The number of ether oxygens (including phenoxy) is 2. The van der Waals surface area contributed by atoms with E-state index in [1.807, 2.05) is 30.3 Å². The van der Waals surface area contributed by atoms with Crippen molar-refractivity contribution in [3.63, 3.8) is 0 Å². The van der Waals surface area contributed by atoms with E-state index in [0.717, 1.165) is 23.8 Å². The minimum Gasteiger partial charge on any atom is -0.486 e. The van der Waals surface area contributed by atoms with Crippen molar-refractivity contribution < 1.29 is 31.4 Å². The Hall–Kier alpha value is -3.83. The fourth-order valence-corrected chi connectivity index (χ4v) is 7.11. The summed E-state index contributed by atoms with van der Waals surface area (Å²) >= 11 is 1.26. The van der Waals surface area contributed by atoms with Gasteiger partial charge in [0.25, 0.3) is 5.56 Å². The smallest absolute Gasteiger partial charge is 0.416 e. The molecule has 0 aliphatic carbocycles. The highest BCUT2D eigenvalue weighted by molar-refractivity contribution is 7.99. The number of aromatic nitrogens is 1. The zero-order valence-corrected chi connectivity index (χ0v) is 23.1. The second-order valence-electron chi connectivity index (χ2n) is 10.2. The first-order chi connectivity index (χ1) is 20.1. The van der Waals surface area contributed by atoms with E-state index in [1.54, 1.807) is 6.92 Å². The van der Waals surface area contributed by atoms with Crippen LogP contribution in [-0.4, -0.2) is 23.5 Å². The molecule has 6 rings (SSSR count). The highest BCUT2D eigenvalue weighted by atomic mass is 32.2. The molecule has 2 aliphatic rings. The van der Waals surface area contributed by atoms with Crippen molar-refractivity contribution in [2.75, 3.05) is 19.0 Å². The molecule has 0 radical (unpaired) electrons. The SMILES string of the molecule is Cc1c(Cc2c(F)cccc2C(F)(F)F)c2n(c(=O)c1-c1ccc3c(c1F)OCCO3)C(C(N)c1ccccc1)CS2. The molecule has 2 N–H and O–H groups in total. The van der Waals surface area contributed by atoms with Crippen LogP contribution in [0.5, 0.6) is 11.5 Å². The molecule has 42 heavy (non-hydrogen) atoms. The molecule has 0 spiro atoms. The number of alkyl halides is 3.